The minimum atomic E-state index is -2.50. The van der Waals surface area contributed by atoms with Crippen LogP contribution in [0.4, 0.5) is 8.78 Å². The molecule has 0 aromatic heterocycles. The van der Waals surface area contributed by atoms with Crippen LogP contribution in [-0.2, 0) is 17.8 Å². The summed E-state index contributed by atoms with van der Waals surface area (Å²) in [6.07, 6.45) is -2.36. The topological polar surface area (TPSA) is 46.3 Å². The number of hydrogen-bond donors (Lipinski definition) is 1. The number of likely N-dealkylation sites (N-methyl/N-ethyl adjacent to an activating group) is 1. The molecule has 1 amide bonds. The Kier molecular flexibility index (Phi) is 5.03. The van der Waals surface area contributed by atoms with E-state index >= 15 is 0 Å². The Hall–Kier alpha value is -1.49. The number of amides is 1. The molecule has 5 heteroatoms. The second-order valence-electron chi connectivity index (χ2n) is 3.86. The summed E-state index contributed by atoms with van der Waals surface area (Å²) in [5.74, 6) is -0.314. The first-order valence-corrected chi connectivity index (χ1v) is 5.33. The third-order valence-corrected chi connectivity index (χ3v) is 2.45. The molecule has 2 N–H and O–H groups in total. The van der Waals surface area contributed by atoms with Crippen molar-refractivity contribution in [1.82, 2.24) is 4.90 Å². The summed E-state index contributed by atoms with van der Waals surface area (Å²) < 4.78 is 24.2. The van der Waals surface area contributed by atoms with Gasteiger partial charge in [-0.1, -0.05) is 24.3 Å². The van der Waals surface area contributed by atoms with Crippen LogP contribution in [0.2, 0.25) is 0 Å². The molecule has 3 nitrogen and oxygen atoms in total. The van der Waals surface area contributed by atoms with Gasteiger partial charge >= 0.3 is 0 Å². The van der Waals surface area contributed by atoms with Gasteiger partial charge in [0.15, 0.2) is 0 Å². The molecular formula is C12H16F2N2O. The standard InChI is InChI=1S/C12H16F2N2O/c1-16(8-11(13)14)12(17)6-9-2-4-10(7-15)5-3-9/h2-5,11H,6-8,15H2,1H3. The molecule has 94 valence electrons. The number of alkyl halides is 2. The van der Waals surface area contributed by atoms with Gasteiger partial charge in [-0.25, -0.2) is 8.78 Å². The van der Waals surface area contributed by atoms with Gasteiger partial charge < -0.3 is 10.6 Å². The Morgan fingerprint density at radius 1 is 1.29 bits per heavy atom. The molecule has 0 unspecified atom stereocenters. The molecule has 0 saturated heterocycles. The van der Waals surface area contributed by atoms with Gasteiger partial charge in [0.2, 0.25) is 5.91 Å². The highest BCUT2D eigenvalue weighted by molar-refractivity contribution is 5.78. The molecule has 0 aliphatic heterocycles. The van der Waals surface area contributed by atoms with Gasteiger partial charge in [-0.3, -0.25) is 4.79 Å². The average molecular weight is 242 g/mol. The number of halogens is 2. The first-order valence-electron chi connectivity index (χ1n) is 5.33. The fourth-order valence-electron chi connectivity index (χ4n) is 1.41. The molecule has 0 radical (unpaired) electrons. The van der Waals surface area contributed by atoms with E-state index in [9.17, 15) is 13.6 Å². The average Bonchev–Trinajstić information content (AvgIpc) is 2.29. The maximum absolute atomic E-state index is 12.1. The lowest BCUT2D eigenvalue weighted by atomic mass is 10.1. The highest BCUT2D eigenvalue weighted by atomic mass is 19.3. The summed E-state index contributed by atoms with van der Waals surface area (Å²) in [5, 5.41) is 0. The fourth-order valence-corrected chi connectivity index (χ4v) is 1.41. The molecule has 0 aliphatic carbocycles. The van der Waals surface area contributed by atoms with Crippen molar-refractivity contribution in [3.05, 3.63) is 35.4 Å². The zero-order chi connectivity index (χ0) is 12.8. The van der Waals surface area contributed by atoms with E-state index in [1.165, 1.54) is 7.05 Å². The van der Waals surface area contributed by atoms with E-state index < -0.39 is 13.0 Å². The second-order valence-corrected chi connectivity index (χ2v) is 3.86. The summed E-state index contributed by atoms with van der Waals surface area (Å²) in [7, 11) is 1.38. The Balaban J connectivity index is 2.55. The Bertz CT molecular complexity index is 365. The van der Waals surface area contributed by atoms with Gasteiger partial charge in [-0.15, -0.1) is 0 Å². The largest absolute Gasteiger partial charge is 0.340 e. The summed E-state index contributed by atoms with van der Waals surface area (Å²) in [6.45, 7) is -0.0841. The lowest BCUT2D eigenvalue weighted by Crippen LogP contribution is -2.32. The first kappa shape index (κ1) is 13.6. The number of nitrogens with two attached hydrogens (primary N) is 1. The molecule has 0 spiro atoms. The molecule has 0 bridgehead atoms. The van der Waals surface area contributed by atoms with Gasteiger partial charge in [0.25, 0.3) is 6.43 Å². The quantitative estimate of drug-likeness (QED) is 0.848. The van der Waals surface area contributed by atoms with Gasteiger partial charge in [-0.2, -0.15) is 0 Å². The van der Waals surface area contributed by atoms with E-state index in [4.69, 9.17) is 5.73 Å². The van der Waals surface area contributed by atoms with Crippen molar-refractivity contribution in [3.63, 3.8) is 0 Å². The fraction of sp³-hybridized carbons (Fsp3) is 0.417. The minimum absolute atomic E-state index is 0.133. The van der Waals surface area contributed by atoms with Crippen molar-refractivity contribution >= 4 is 5.91 Å². The number of benzene rings is 1. The SMILES string of the molecule is CN(CC(F)F)C(=O)Cc1ccc(CN)cc1. The molecule has 0 fully saturated rings. The summed E-state index contributed by atoms with van der Waals surface area (Å²) >= 11 is 0. The summed E-state index contributed by atoms with van der Waals surface area (Å²) in [4.78, 5) is 12.6. The lowest BCUT2D eigenvalue weighted by molar-refractivity contribution is -0.130. The maximum atomic E-state index is 12.1. The number of carbonyl (C=O) groups excluding carboxylic acids is 1. The van der Waals surface area contributed by atoms with Crippen molar-refractivity contribution < 1.29 is 13.6 Å². The van der Waals surface area contributed by atoms with E-state index in [0.717, 1.165) is 16.0 Å². The number of nitrogens with zero attached hydrogens (tertiary/aromatic N) is 1. The molecule has 0 aliphatic rings. The Morgan fingerprint density at radius 2 is 1.82 bits per heavy atom. The number of carbonyl (C=O) groups is 1. The Morgan fingerprint density at radius 3 is 2.29 bits per heavy atom. The van der Waals surface area contributed by atoms with Crippen LogP contribution in [0.15, 0.2) is 24.3 Å². The smallest absolute Gasteiger partial charge is 0.255 e. The van der Waals surface area contributed by atoms with Crippen molar-refractivity contribution in [1.29, 1.82) is 0 Å². The van der Waals surface area contributed by atoms with E-state index in [2.05, 4.69) is 0 Å². The molecule has 0 atom stereocenters. The van der Waals surface area contributed by atoms with E-state index in [-0.39, 0.29) is 12.3 Å². The van der Waals surface area contributed by atoms with Crippen molar-refractivity contribution in [2.45, 2.75) is 19.4 Å². The second kappa shape index (κ2) is 6.30. The summed E-state index contributed by atoms with van der Waals surface area (Å²) in [6, 6.07) is 7.23. The molecule has 1 aromatic carbocycles. The van der Waals surface area contributed by atoms with Crippen LogP contribution in [0.5, 0.6) is 0 Å². The van der Waals surface area contributed by atoms with Gasteiger partial charge in [0.05, 0.1) is 13.0 Å². The van der Waals surface area contributed by atoms with Crippen LogP contribution >= 0.6 is 0 Å². The number of hydrogen-bond acceptors (Lipinski definition) is 2. The zero-order valence-electron chi connectivity index (χ0n) is 9.70. The molecule has 0 heterocycles. The Labute approximate surface area is 99.2 Å². The van der Waals surface area contributed by atoms with E-state index in [0.29, 0.717) is 6.54 Å². The predicted octanol–water partition coefficient (Wildman–Crippen LogP) is 1.41. The molecule has 1 aromatic rings. The van der Waals surface area contributed by atoms with Crippen LogP contribution < -0.4 is 5.73 Å². The maximum Gasteiger partial charge on any atom is 0.255 e. The third kappa shape index (κ3) is 4.48. The van der Waals surface area contributed by atoms with Crippen LogP contribution in [0, 0.1) is 0 Å². The summed E-state index contributed by atoms with van der Waals surface area (Å²) in [5.41, 5.74) is 7.22. The van der Waals surface area contributed by atoms with Crippen molar-refractivity contribution in [2.75, 3.05) is 13.6 Å². The van der Waals surface area contributed by atoms with Crippen molar-refractivity contribution in [2.24, 2.45) is 5.73 Å². The third-order valence-electron chi connectivity index (χ3n) is 2.45. The van der Waals surface area contributed by atoms with Crippen LogP contribution in [0.3, 0.4) is 0 Å². The van der Waals surface area contributed by atoms with E-state index in [1.807, 2.05) is 12.1 Å². The van der Waals surface area contributed by atoms with Crippen LogP contribution in [0.25, 0.3) is 0 Å². The molecule has 17 heavy (non-hydrogen) atoms. The van der Waals surface area contributed by atoms with Crippen molar-refractivity contribution in [3.8, 4) is 0 Å². The van der Waals surface area contributed by atoms with Crippen LogP contribution in [0.1, 0.15) is 11.1 Å². The molecule has 1 rings (SSSR count). The zero-order valence-corrected chi connectivity index (χ0v) is 9.70. The lowest BCUT2D eigenvalue weighted by Gasteiger charge is -2.16. The van der Waals surface area contributed by atoms with E-state index in [1.54, 1.807) is 12.1 Å². The highest BCUT2D eigenvalue weighted by Crippen LogP contribution is 2.06. The molecule has 0 saturated carbocycles. The predicted molar refractivity (Wildman–Crippen MR) is 61.7 cm³/mol. The first-order chi connectivity index (χ1) is 8.02. The monoisotopic (exact) mass is 242 g/mol. The van der Waals surface area contributed by atoms with Crippen LogP contribution in [-0.4, -0.2) is 30.8 Å². The van der Waals surface area contributed by atoms with Gasteiger partial charge in [-0.05, 0) is 11.1 Å². The van der Waals surface area contributed by atoms with Gasteiger partial charge in [0.1, 0.15) is 0 Å². The number of rotatable bonds is 5. The van der Waals surface area contributed by atoms with Gasteiger partial charge in [0, 0.05) is 13.6 Å². The highest BCUT2D eigenvalue weighted by Gasteiger charge is 2.14. The minimum Gasteiger partial charge on any atom is -0.340 e. The normalized spacial score (nSPS) is 10.6. The molecular weight excluding hydrogens is 226 g/mol.